The van der Waals surface area contributed by atoms with Crippen molar-refractivity contribution in [1.82, 2.24) is 10.3 Å². The summed E-state index contributed by atoms with van der Waals surface area (Å²) in [4.78, 5) is 17.0. The third kappa shape index (κ3) is 5.04. The molecule has 1 N–H and O–H groups in total. The first-order valence-corrected chi connectivity index (χ1v) is 9.85. The normalized spacial score (nSPS) is 17.4. The van der Waals surface area contributed by atoms with Gasteiger partial charge in [0.15, 0.2) is 0 Å². The number of halogens is 1. The number of benzene rings is 1. The summed E-state index contributed by atoms with van der Waals surface area (Å²) in [6, 6.07) is 6.45. The predicted octanol–water partition coefficient (Wildman–Crippen LogP) is 4.87. The highest BCUT2D eigenvalue weighted by Gasteiger charge is 2.30. The number of para-hydroxylation sites is 1. The quantitative estimate of drug-likeness (QED) is 0.754. The molecule has 0 bridgehead atoms. The van der Waals surface area contributed by atoms with Crippen LogP contribution in [0.5, 0.6) is 0 Å². The maximum Gasteiger partial charge on any atom is 0.253 e. The molecule has 5 heteroatoms. The van der Waals surface area contributed by atoms with Gasteiger partial charge in [-0.05, 0) is 44.2 Å². The fourth-order valence-electron chi connectivity index (χ4n) is 4.00. The van der Waals surface area contributed by atoms with Crippen molar-refractivity contribution in [3.63, 3.8) is 0 Å². The minimum absolute atomic E-state index is 0.202. The molecule has 2 aromatic rings. The molecule has 0 spiro atoms. The molecule has 1 aliphatic carbocycles. The molecule has 1 aromatic carbocycles. The summed E-state index contributed by atoms with van der Waals surface area (Å²) < 4.78 is 19.9. The maximum absolute atomic E-state index is 13.8. The maximum atomic E-state index is 13.8. The van der Waals surface area contributed by atoms with Crippen molar-refractivity contribution >= 4 is 16.8 Å². The lowest BCUT2D eigenvalue weighted by Gasteiger charge is -2.33. The van der Waals surface area contributed by atoms with Crippen molar-refractivity contribution < 1.29 is 13.9 Å². The average Bonchev–Trinajstić information content (AvgIpc) is 3.13. The van der Waals surface area contributed by atoms with E-state index >= 15 is 0 Å². The number of aromatic nitrogens is 1. The third-order valence-corrected chi connectivity index (χ3v) is 5.14. The summed E-state index contributed by atoms with van der Waals surface area (Å²) in [5.41, 5.74) is 0.262. The molecule has 1 saturated carbocycles. The Morgan fingerprint density at radius 2 is 2.11 bits per heavy atom. The molecular weight excluding hydrogens is 343 g/mol. The van der Waals surface area contributed by atoms with Gasteiger partial charge in [0, 0.05) is 11.6 Å². The summed E-state index contributed by atoms with van der Waals surface area (Å²) in [7, 11) is 0. The van der Waals surface area contributed by atoms with Crippen LogP contribution in [-0.4, -0.2) is 29.1 Å². The first-order valence-electron chi connectivity index (χ1n) is 9.85. The lowest BCUT2D eigenvalue weighted by Crippen LogP contribution is -2.51. The first-order chi connectivity index (χ1) is 12.9. The summed E-state index contributed by atoms with van der Waals surface area (Å²) in [5, 5.41) is 3.77. The van der Waals surface area contributed by atoms with Gasteiger partial charge in [0.05, 0.1) is 23.8 Å². The van der Waals surface area contributed by atoms with Crippen LogP contribution in [0.2, 0.25) is 0 Å². The number of nitrogens with one attached hydrogen (secondary N) is 1. The molecule has 0 aliphatic heterocycles. The molecular formula is C22H29FN2O2. The Labute approximate surface area is 160 Å². The van der Waals surface area contributed by atoms with E-state index in [1.165, 1.54) is 25.1 Å². The molecule has 1 atom stereocenters. The Bertz CT molecular complexity index is 802. The van der Waals surface area contributed by atoms with E-state index in [0.717, 1.165) is 19.3 Å². The second kappa shape index (κ2) is 8.34. The van der Waals surface area contributed by atoms with Crippen molar-refractivity contribution in [2.45, 2.75) is 64.5 Å². The lowest BCUT2D eigenvalue weighted by molar-refractivity contribution is 0.0117. The largest absolute Gasteiger partial charge is 0.376 e. The highest BCUT2D eigenvalue weighted by Crippen LogP contribution is 2.25. The van der Waals surface area contributed by atoms with Crippen LogP contribution in [0.4, 0.5) is 4.39 Å². The van der Waals surface area contributed by atoms with Gasteiger partial charge in [0.25, 0.3) is 5.91 Å². The second-order valence-corrected chi connectivity index (χ2v) is 8.37. The van der Waals surface area contributed by atoms with Crippen LogP contribution in [-0.2, 0) is 4.74 Å². The van der Waals surface area contributed by atoms with Crippen molar-refractivity contribution in [3.8, 4) is 0 Å². The second-order valence-electron chi connectivity index (χ2n) is 8.37. The number of hydrogen-bond donors (Lipinski definition) is 1. The van der Waals surface area contributed by atoms with E-state index in [0.29, 0.717) is 29.6 Å². The minimum Gasteiger partial charge on any atom is -0.376 e. The zero-order valence-corrected chi connectivity index (χ0v) is 16.4. The Balaban J connectivity index is 1.74. The van der Waals surface area contributed by atoms with Gasteiger partial charge in [-0.3, -0.25) is 9.78 Å². The van der Waals surface area contributed by atoms with Crippen LogP contribution in [0.1, 0.15) is 63.2 Å². The van der Waals surface area contributed by atoms with Gasteiger partial charge in [-0.2, -0.15) is 0 Å². The summed E-state index contributed by atoms with van der Waals surface area (Å²) in [5.74, 6) is -0.160. The Morgan fingerprint density at radius 1 is 1.37 bits per heavy atom. The molecule has 1 amide bonds. The van der Waals surface area contributed by atoms with Crippen molar-refractivity contribution in [1.29, 1.82) is 0 Å². The molecule has 1 aromatic heterocycles. The number of pyridine rings is 1. The van der Waals surface area contributed by atoms with Crippen LogP contribution < -0.4 is 5.32 Å². The third-order valence-electron chi connectivity index (χ3n) is 5.14. The summed E-state index contributed by atoms with van der Waals surface area (Å²) >= 11 is 0. The standard InChI is InChI=1S/C22H29FN2O2/c1-15(2)12-22(3,14-27-18-8-4-5-9-18)25-21(26)17-11-16-7-6-10-19(23)20(16)24-13-17/h6-7,10-11,13,15,18H,4-5,8-9,12,14H2,1-3H3,(H,25,26). The van der Waals surface area contributed by atoms with E-state index in [1.807, 2.05) is 6.92 Å². The lowest BCUT2D eigenvalue weighted by atomic mass is 9.91. The number of amides is 1. The molecule has 27 heavy (non-hydrogen) atoms. The van der Waals surface area contributed by atoms with Crippen LogP contribution in [0, 0.1) is 11.7 Å². The van der Waals surface area contributed by atoms with E-state index in [-0.39, 0.29) is 17.2 Å². The number of carbonyl (C=O) groups excluding carboxylic acids is 1. The molecule has 0 radical (unpaired) electrons. The highest BCUT2D eigenvalue weighted by atomic mass is 19.1. The Hall–Kier alpha value is -2.01. The van der Waals surface area contributed by atoms with Gasteiger partial charge < -0.3 is 10.1 Å². The van der Waals surface area contributed by atoms with Gasteiger partial charge in [0.2, 0.25) is 0 Å². The van der Waals surface area contributed by atoms with E-state index < -0.39 is 5.54 Å². The van der Waals surface area contributed by atoms with Crippen LogP contribution in [0.3, 0.4) is 0 Å². The zero-order valence-electron chi connectivity index (χ0n) is 16.4. The monoisotopic (exact) mass is 372 g/mol. The van der Waals surface area contributed by atoms with Gasteiger partial charge in [-0.15, -0.1) is 0 Å². The predicted molar refractivity (Wildman–Crippen MR) is 105 cm³/mol. The van der Waals surface area contributed by atoms with Gasteiger partial charge in [-0.25, -0.2) is 4.39 Å². The smallest absolute Gasteiger partial charge is 0.253 e. The number of nitrogens with zero attached hydrogens (tertiary/aromatic N) is 1. The van der Waals surface area contributed by atoms with Crippen LogP contribution in [0.25, 0.3) is 10.9 Å². The number of carbonyl (C=O) groups is 1. The SMILES string of the molecule is CC(C)CC(C)(COC1CCCC1)NC(=O)c1cnc2c(F)cccc2c1. The molecule has 1 fully saturated rings. The molecule has 4 nitrogen and oxygen atoms in total. The first kappa shape index (κ1) is 19.7. The Morgan fingerprint density at radius 3 is 2.81 bits per heavy atom. The fourth-order valence-corrected chi connectivity index (χ4v) is 4.00. The van der Waals surface area contributed by atoms with E-state index in [9.17, 15) is 9.18 Å². The molecule has 146 valence electrons. The molecule has 1 heterocycles. The van der Waals surface area contributed by atoms with Gasteiger partial charge in [-0.1, -0.05) is 38.8 Å². The number of fused-ring (bicyclic) bond motifs is 1. The number of hydrogen-bond acceptors (Lipinski definition) is 3. The highest BCUT2D eigenvalue weighted by molar-refractivity contribution is 5.97. The number of rotatable bonds is 7. The Kier molecular flexibility index (Phi) is 6.10. The number of ether oxygens (including phenoxy) is 1. The molecule has 1 unspecified atom stereocenters. The summed E-state index contributed by atoms with van der Waals surface area (Å²) in [6.45, 7) is 6.81. The topological polar surface area (TPSA) is 51.2 Å². The van der Waals surface area contributed by atoms with E-state index in [1.54, 1.807) is 18.2 Å². The zero-order chi connectivity index (χ0) is 19.4. The van der Waals surface area contributed by atoms with Crippen molar-refractivity contribution in [2.24, 2.45) is 5.92 Å². The molecule has 3 rings (SSSR count). The molecule has 1 aliphatic rings. The average molecular weight is 372 g/mol. The minimum atomic E-state index is -0.454. The van der Waals surface area contributed by atoms with Crippen LogP contribution in [0.15, 0.2) is 30.5 Å². The molecule has 0 saturated heterocycles. The van der Waals surface area contributed by atoms with Crippen molar-refractivity contribution in [2.75, 3.05) is 6.61 Å². The fraction of sp³-hybridized carbons (Fsp3) is 0.545. The van der Waals surface area contributed by atoms with E-state index in [4.69, 9.17) is 4.74 Å². The summed E-state index contributed by atoms with van der Waals surface area (Å²) in [6.07, 6.45) is 7.21. The van der Waals surface area contributed by atoms with Gasteiger partial charge >= 0.3 is 0 Å². The van der Waals surface area contributed by atoms with E-state index in [2.05, 4.69) is 24.1 Å². The van der Waals surface area contributed by atoms with Crippen molar-refractivity contribution in [3.05, 3.63) is 41.8 Å². The van der Waals surface area contributed by atoms with Crippen LogP contribution >= 0.6 is 0 Å². The van der Waals surface area contributed by atoms with Gasteiger partial charge in [0.1, 0.15) is 11.3 Å².